The van der Waals surface area contributed by atoms with Crippen LogP contribution in [-0.4, -0.2) is 21.7 Å². The van der Waals surface area contributed by atoms with Crippen molar-refractivity contribution in [1.82, 2.24) is 9.55 Å². The van der Waals surface area contributed by atoms with Crippen LogP contribution in [0.5, 0.6) is 6.01 Å². The zero-order valence-corrected chi connectivity index (χ0v) is 15.6. The summed E-state index contributed by atoms with van der Waals surface area (Å²) in [6, 6.07) is 17.1. The van der Waals surface area contributed by atoms with E-state index in [0.717, 1.165) is 5.56 Å². The number of hydrogen-bond acceptors (Lipinski definition) is 3. The Morgan fingerprint density at radius 2 is 1.73 bits per heavy atom. The number of nitrogens with zero attached hydrogens (tertiary/aromatic N) is 2. The number of aromatic nitrogens is 2. The number of carbonyl (C=O) groups is 1. The third-order valence-electron chi connectivity index (χ3n) is 4.43. The minimum Gasteiger partial charge on any atom is -0.385 e. The Balaban J connectivity index is 2.04. The van der Waals surface area contributed by atoms with Gasteiger partial charge in [0.1, 0.15) is 5.82 Å². The molecular formula is C22H14F4N2O2. The fraction of sp³-hybridized carbons (Fsp3) is 0.0909. The van der Waals surface area contributed by atoms with Gasteiger partial charge in [0.05, 0.1) is 16.7 Å². The van der Waals surface area contributed by atoms with Gasteiger partial charge in [0, 0.05) is 5.56 Å². The van der Waals surface area contributed by atoms with Crippen molar-refractivity contribution in [3.05, 3.63) is 78.1 Å². The lowest BCUT2D eigenvalue weighted by Crippen LogP contribution is -2.29. The van der Waals surface area contributed by atoms with Gasteiger partial charge >= 0.3 is 18.2 Å². The molecule has 0 bridgehead atoms. The number of esters is 1. The van der Waals surface area contributed by atoms with Crippen molar-refractivity contribution in [2.45, 2.75) is 13.1 Å². The quantitative estimate of drug-likeness (QED) is 0.323. The van der Waals surface area contributed by atoms with E-state index in [4.69, 9.17) is 0 Å². The lowest BCUT2D eigenvalue weighted by molar-refractivity contribution is -0.190. The smallest absolute Gasteiger partial charge is 0.385 e. The van der Waals surface area contributed by atoms with Crippen LogP contribution in [0.25, 0.3) is 27.8 Å². The van der Waals surface area contributed by atoms with Gasteiger partial charge in [-0.1, -0.05) is 30.3 Å². The number of para-hydroxylation sites is 1. The van der Waals surface area contributed by atoms with Crippen molar-refractivity contribution >= 4 is 17.0 Å². The van der Waals surface area contributed by atoms with E-state index in [1.54, 1.807) is 55.5 Å². The fourth-order valence-corrected chi connectivity index (χ4v) is 3.23. The molecule has 0 unspecified atom stereocenters. The van der Waals surface area contributed by atoms with Crippen LogP contribution >= 0.6 is 0 Å². The van der Waals surface area contributed by atoms with Crippen LogP contribution in [0.2, 0.25) is 0 Å². The van der Waals surface area contributed by atoms with Crippen LogP contribution in [0.4, 0.5) is 17.6 Å². The largest absolute Gasteiger partial charge is 0.491 e. The van der Waals surface area contributed by atoms with E-state index in [1.807, 2.05) is 0 Å². The van der Waals surface area contributed by atoms with E-state index in [2.05, 4.69) is 9.72 Å². The molecule has 0 fully saturated rings. The van der Waals surface area contributed by atoms with Crippen LogP contribution in [0.1, 0.15) is 5.56 Å². The van der Waals surface area contributed by atoms with Gasteiger partial charge in [-0.2, -0.15) is 18.2 Å². The third-order valence-corrected chi connectivity index (χ3v) is 4.43. The number of rotatable bonds is 3. The summed E-state index contributed by atoms with van der Waals surface area (Å²) in [5.74, 6) is -2.84. The number of fused-ring (bicyclic) bond motifs is 1. The summed E-state index contributed by atoms with van der Waals surface area (Å²) in [6.45, 7) is 1.78. The van der Waals surface area contributed by atoms with Gasteiger partial charge in [0.15, 0.2) is 0 Å². The number of carbonyl (C=O) groups excluding carboxylic acids is 1. The molecule has 4 aromatic rings. The number of benzene rings is 3. The predicted octanol–water partition coefficient (Wildman–Crippen LogP) is 5.61. The number of imidazole rings is 1. The first-order chi connectivity index (χ1) is 14.2. The minimum atomic E-state index is -5.18. The first-order valence-corrected chi connectivity index (χ1v) is 8.87. The zero-order chi connectivity index (χ0) is 21.5. The van der Waals surface area contributed by atoms with Gasteiger partial charge < -0.3 is 4.74 Å². The molecule has 0 spiro atoms. The summed E-state index contributed by atoms with van der Waals surface area (Å²) >= 11 is 0. The van der Waals surface area contributed by atoms with E-state index in [-0.39, 0.29) is 0 Å². The van der Waals surface area contributed by atoms with E-state index in [0.29, 0.717) is 27.8 Å². The second-order valence-electron chi connectivity index (χ2n) is 6.64. The second-order valence-corrected chi connectivity index (χ2v) is 6.64. The molecule has 0 atom stereocenters. The molecule has 0 saturated carbocycles. The third kappa shape index (κ3) is 3.63. The average Bonchev–Trinajstić information content (AvgIpc) is 3.04. The molecule has 0 aliphatic carbocycles. The molecule has 1 aromatic heterocycles. The van der Waals surface area contributed by atoms with Gasteiger partial charge in [0.2, 0.25) is 0 Å². The topological polar surface area (TPSA) is 44.1 Å². The van der Waals surface area contributed by atoms with Crippen LogP contribution < -0.4 is 4.74 Å². The van der Waals surface area contributed by atoms with Gasteiger partial charge in [-0.15, -0.1) is 0 Å². The molecule has 3 aromatic carbocycles. The molecule has 0 N–H and O–H groups in total. The molecule has 4 rings (SSSR count). The normalized spacial score (nSPS) is 11.6. The Kier molecular flexibility index (Phi) is 4.77. The summed E-state index contributed by atoms with van der Waals surface area (Å²) in [5, 5.41) is 0. The Hall–Kier alpha value is -3.68. The monoisotopic (exact) mass is 414 g/mol. The van der Waals surface area contributed by atoms with Crippen LogP contribution in [0.15, 0.2) is 66.7 Å². The predicted molar refractivity (Wildman–Crippen MR) is 103 cm³/mol. The first-order valence-electron chi connectivity index (χ1n) is 8.87. The Morgan fingerprint density at radius 1 is 1.00 bits per heavy atom. The van der Waals surface area contributed by atoms with Crippen LogP contribution in [-0.2, 0) is 4.79 Å². The zero-order valence-electron chi connectivity index (χ0n) is 15.6. The molecule has 0 aliphatic heterocycles. The highest BCUT2D eigenvalue weighted by atomic mass is 19.4. The Labute approximate surface area is 168 Å². The van der Waals surface area contributed by atoms with E-state index in [1.165, 1.54) is 22.8 Å². The van der Waals surface area contributed by atoms with Crippen molar-refractivity contribution in [3.8, 4) is 22.8 Å². The summed E-state index contributed by atoms with van der Waals surface area (Å²) in [6.07, 6.45) is -5.18. The molecule has 0 aliphatic rings. The standard InChI is InChI=1S/C22H14F4N2O2/c1-13-10-17(14-6-5-7-15(23)12-14)19-18(11-13)27-21(30-20(29)22(24,25)26)28(19)16-8-3-2-4-9-16/h2-12H,1H3. The van der Waals surface area contributed by atoms with Crippen molar-refractivity contribution in [2.24, 2.45) is 0 Å². The SMILES string of the molecule is Cc1cc(-c2cccc(F)c2)c2c(c1)nc(OC(=O)C(F)(F)F)n2-c1ccccc1. The van der Waals surface area contributed by atoms with Crippen LogP contribution in [0, 0.1) is 12.7 Å². The first kappa shape index (κ1) is 19.6. The number of ether oxygens (including phenoxy) is 1. The molecule has 0 saturated heterocycles. The van der Waals surface area contributed by atoms with Crippen molar-refractivity contribution in [1.29, 1.82) is 0 Å². The summed E-state index contributed by atoms with van der Waals surface area (Å²) in [7, 11) is 0. The van der Waals surface area contributed by atoms with Crippen LogP contribution in [0.3, 0.4) is 0 Å². The molecule has 8 heteroatoms. The highest BCUT2D eigenvalue weighted by Gasteiger charge is 2.42. The maximum absolute atomic E-state index is 13.9. The molecule has 1 heterocycles. The number of alkyl halides is 3. The van der Waals surface area contributed by atoms with Gasteiger partial charge in [-0.3, -0.25) is 4.57 Å². The van der Waals surface area contributed by atoms with Crippen molar-refractivity contribution in [2.75, 3.05) is 0 Å². The highest BCUT2D eigenvalue weighted by molar-refractivity contribution is 5.95. The summed E-state index contributed by atoms with van der Waals surface area (Å²) in [5.41, 5.74) is 2.94. The molecular weight excluding hydrogens is 400 g/mol. The molecule has 0 amide bonds. The molecule has 152 valence electrons. The van der Waals surface area contributed by atoms with E-state index >= 15 is 0 Å². The summed E-state index contributed by atoms with van der Waals surface area (Å²) in [4.78, 5) is 15.6. The fourth-order valence-electron chi connectivity index (χ4n) is 3.23. The number of aryl methyl sites for hydroxylation is 1. The van der Waals surface area contributed by atoms with Gasteiger partial charge in [-0.25, -0.2) is 9.18 Å². The van der Waals surface area contributed by atoms with E-state index in [9.17, 15) is 22.4 Å². The van der Waals surface area contributed by atoms with Gasteiger partial charge in [-0.05, 0) is 54.4 Å². The van der Waals surface area contributed by atoms with E-state index < -0.39 is 24.0 Å². The molecule has 4 nitrogen and oxygen atoms in total. The summed E-state index contributed by atoms with van der Waals surface area (Å²) < 4.78 is 58.3. The molecule has 0 radical (unpaired) electrons. The maximum Gasteiger partial charge on any atom is 0.491 e. The average molecular weight is 414 g/mol. The number of hydrogen-bond donors (Lipinski definition) is 0. The lowest BCUT2D eigenvalue weighted by Gasteiger charge is -2.13. The highest BCUT2D eigenvalue weighted by Crippen LogP contribution is 2.36. The Bertz CT molecular complexity index is 1250. The number of halogens is 4. The second kappa shape index (κ2) is 7.29. The van der Waals surface area contributed by atoms with Crippen molar-refractivity contribution in [3.63, 3.8) is 0 Å². The van der Waals surface area contributed by atoms with Crippen molar-refractivity contribution < 1.29 is 27.1 Å². The minimum absolute atomic E-state index is 0.308. The lowest BCUT2D eigenvalue weighted by atomic mass is 10.0. The molecule has 30 heavy (non-hydrogen) atoms. The van der Waals surface area contributed by atoms with Gasteiger partial charge in [0.25, 0.3) is 0 Å². The maximum atomic E-state index is 13.9. The Morgan fingerprint density at radius 3 is 2.40 bits per heavy atom.